The third-order valence-corrected chi connectivity index (χ3v) is 0.752. The molecule has 9 heavy (non-hydrogen) atoms. The van der Waals surface area contributed by atoms with Gasteiger partial charge >= 0.3 is 18.6 Å². The summed E-state index contributed by atoms with van der Waals surface area (Å²) in [5.74, 6) is 0.468. The smallest absolute Gasteiger partial charge is 1.00 e. The second kappa shape index (κ2) is 8.44. The van der Waals surface area contributed by atoms with E-state index in [9.17, 15) is 0 Å². The van der Waals surface area contributed by atoms with Gasteiger partial charge in [-0.25, -0.2) is 0 Å². The number of hydrogen-bond acceptors (Lipinski definition) is 1. The third-order valence-electron chi connectivity index (χ3n) is 0.752. The minimum absolute atomic E-state index is 0. The zero-order chi connectivity index (χ0) is 4.41. The molecule has 1 rings (SSSR count). The van der Waals surface area contributed by atoms with Gasteiger partial charge in [0.05, 0.1) is 5.76 Å². The van der Waals surface area contributed by atoms with Crippen LogP contribution in [-0.2, 0) is 18.6 Å². The molecule has 0 unspecified atom stereocenters. The van der Waals surface area contributed by atoms with Crippen molar-refractivity contribution in [3.63, 3.8) is 0 Å². The van der Waals surface area contributed by atoms with Crippen molar-refractivity contribution in [1.82, 2.24) is 0 Å². The van der Waals surface area contributed by atoms with Crippen molar-refractivity contribution in [2.75, 3.05) is 0 Å². The maximum absolute atomic E-state index is 8.53. The van der Waals surface area contributed by atoms with Crippen LogP contribution in [0.15, 0.2) is 24.0 Å². The van der Waals surface area contributed by atoms with Crippen molar-refractivity contribution in [2.24, 2.45) is 0 Å². The molecule has 4 heteroatoms. The molecule has 1 aliphatic carbocycles. The van der Waals surface area contributed by atoms with Crippen LogP contribution in [0.2, 0.25) is 0 Å². The van der Waals surface area contributed by atoms with Gasteiger partial charge in [-0.1, -0.05) is 12.2 Å². The Morgan fingerprint density at radius 1 is 1.33 bits per heavy atom. The van der Waals surface area contributed by atoms with Gasteiger partial charge < -0.3 is 29.9 Å². The van der Waals surface area contributed by atoms with Gasteiger partial charge in [0.1, 0.15) is 0 Å². The Bertz CT molecular complexity index is 112. The summed E-state index contributed by atoms with van der Waals surface area (Å²) in [6.45, 7) is 0. The predicted molar refractivity (Wildman–Crippen MR) is 24.5 cm³/mol. The Hall–Kier alpha value is 0.444. The topological polar surface area (TPSA) is 20.2 Å². The molecule has 0 amide bonds. The van der Waals surface area contributed by atoms with E-state index in [0.717, 1.165) is 6.42 Å². The Morgan fingerprint density at radius 3 is 2.00 bits per heavy atom. The van der Waals surface area contributed by atoms with Crippen molar-refractivity contribution in [1.29, 1.82) is 0 Å². The first-order chi connectivity index (χ1) is 2.89. The van der Waals surface area contributed by atoms with Crippen LogP contribution in [0.3, 0.4) is 0 Å². The van der Waals surface area contributed by atoms with Crippen LogP contribution in [0, 0.1) is 0 Å². The van der Waals surface area contributed by atoms with Gasteiger partial charge in [-0.05, 0) is 6.08 Å². The second-order valence-electron chi connectivity index (χ2n) is 1.29. The standard InChI is InChI=1S/C5H6O.2ClH.V/c6-5-3-1-2-4-5;;;/h1-3,6H,4H2;2*1H;/q;;;+2/p-2. The van der Waals surface area contributed by atoms with Crippen molar-refractivity contribution in [3.8, 4) is 0 Å². The van der Waals surface area contributed by atoms with E-state index in [0.29, 0.717) is 5.76 Å². The van der Waals surface area contributed by atoms with E-state index < -0.39 is 0 Å². The fraction of sp³-hybridized carbons (Fsp3) is 0.200. The average molecular weight is 204 g/mol. The zero-order valence-corrected chi connectivity index (χ0v) is 7.50. The summed E-state index contributed by atoms with van der Waals surface area (Å²) in [7, 11) is 0. The monoisotopic (exact) mass is 203 g/mol. The number of aliphatic hydroxyl groups is 1. The van der Waals surface area contributed by atoms with E-state index in [1.807, 2.05) is 12.2 Å². The summed E-state index contributed by atoms with van der Waals surface area (Å²) < 4.78 is 0. The quantitative estimate of drug-likeness (QED) is 0.421. The van der Waals surface area contributed by atoms with Crippen LogP contribution in [0.4, 0.5) is 0 Å². The summed E-state index contributed by atoms with van der Waals surface area (Å²) >= 11 is 0. The van der Waals surface area contributed by atoms with Gasteiger partial charge in [-0.3, -0.25) is 0 Å². The first-order valence-electron chi connectivity index (χ1n) is 1.94. The van der Waals surface area contributed by atoms with E-state index in [2.05, 4.69) is 0 Å². The molecule has 0 atom stereocenters. The molecule has 0 fully saturated rings. The molecule has 0 saturated heterocycles. The molecular formula is C5H6Cl2OV. The fourth-order valence-electron chi connectivity index (χ4n) is 0.436. The van der Waals surface area contributed by atoms with Gasteiger partial charge in [-0.2, -0.15) is 0 Å². The third kappa shape index (κ3) is 6.33. The van der Waals surface area contributed by atoms with E-state index in [1.165, 1.54) is 0 Å². The number of aliphatic hydroxyl groups excluding tert-OH is 1. The molecule has 1 radical (unpaired) electrons. The SMILES string of the molecule is OC1=CC=CC1.[Cl-].[Cl-].[V+2]. The first-order valence-corrected chi connectivity index (χ1v) is 1.94. The normalized spacial score (nSPS) is 12.2. The van der Waals surface area contributed by atoms with E-state index in [1.54, 1.807) is 6.08 Å². The predicted octanol–water partition coefficient (Wildman–Crippen LogP) is -4.61. The van der Waals surface area contributed by atoms with Crippen LogP contribution >= 0.6 is 0 Å². The largest absolute Gasteiger partial charge is 2.00 e. The van der Waals surface area contributed by atoms with Gasteiger partial charge in [0.2, 0.25) is 0 Å². The Balaban J connectivity index is -0.000000120. The molecule has 0 aromatic heterocycles. The molecule has 0 heterocycles. The minimum atomic E-state index is 0. The number of halogens is 2. The number of rotatable bonds is 0. The van der Waals surface area contributed by atoms with Crippen LogP contribution in [0.5, 0.6) is 0 Å². The Morgan fingerprint density at radius 2 is 1.89 bits per heavy atom. The molecule has 1 aliphatic rings. The summed E-state index contributed by atoms with van der Waals surface area (Å²) in [4.78, 5) is 0. The average Bonchev–Trinajstić information content (AvgIpc) is 1.86. The van der Waals surface area contributed by atoms with Gasteiger partial charge in [0, 0.05) is 6.42 Å². The maximum Gasteiger partial charge on any atom is 2.00 e. The molecule has 51 valence electrons. The van der Waals surface area contributed by atoms with E-state index >= 15 is 0 Å². The fourth-order valence-corrected chi connectivity index (χ4v) is 0.436. The van der Waals surface area contributed by atoms with E-state index in [4.69, 9.17) is 5.11 Å². The molecule has 1 N–H and O–H groups in total. The molecule has 1 nitrogen and oxygen atoms in total. The molecule has 0 spiro atoms. The van der Waals surface area contributed by atoms with Crippen molar-refractivity contribution in [2.45, 2.75) is 6.42 Å². The van der Waals surface area contributed by atoms with Crippen LogP contribution in [0.1, 0.15) is 6.42 Å². The molecule has 0 aromatic rings. The van der Waals surface area contributed by atoms with Crippen LogP contribution < -0.4 is 24.8 Å². The summed E-state index contributed by atoms with van der Waals surface area (Å²) in [5.41, 5.74) is 0. The van der Waals surface area contributed by atoms with Crippen molar-refractivity contribution in [3.05, 3.63) is 24.0 Å². The molecular weight excluding hydrogens is 198 g/mol. The van der Waals surface area contributed by atoms with Gasteiger partial charge in [0.25, 0.3) is 0 Å². The van der Waals surface area contributed by atoms with E-state index in [-0.39, 0.29) is 43.4 Å². The first kappa shape index (κ1) is 16.2. The minimum Gasteiger partial charge on any atom is -1.00 e. The maximum atomic E-state index is 8.53. The molecule has 0 saturated carbocycles. The molecule has 0 bridgehead atoms. The Kier molecular flexibility index (Phi) is 15.2. The number of allylic oxidation sites excluding steroid dienone is 3. The van der Waals surface area contributed by atoms with Crippen molar-refractivity contribution >= 4 is 0 Å². The van der Waals surface area contributed by atoms with Gasteiger partial charge in [-0.15, -0.1) is 0 Å². The second-order valence-corrected chi connectivity index (χ2v) is 1.29. The summed E-state index contributed by atoms with van der Waals surface area (Å²) in [5, 5.41) is 8.53. The summed E-state index contributed by atoms with van der Waals surface area (Å²) in [6, 6.07) is 0. The van der Waals surface area contributed by atoms with Crippen molar-refractivity contribution < 1.29 is 48.5 Å². The van der Waals surface area contributed by atoms with Crippen LogP contribution in [0.25, 0.3) is 0 Å². The Labute approximate surface area is 78.9 Å². The molecule has 0 aliphatic heterocycles. The summed E-state index contributed by atoms with van der Waals surface area (Å²) in [6.07, 6.45) is 6.17. The number of hydrogen-bond donors (Lipinski definition) is 1. The molecule has 0 aromatic carbocycles. The van der Waals surface area contributed by atoms with Crippen LogP contribution in [-0.4, -0.2) is 5.11 Å². The van der Waals surface area contributed by atoms with Gasteiger partial charge in [0.15, 0.2) is 0 Å². The zero-order valence-electron chi connectivity index (χ0n) is 4.59.